The van der Waals surface area contributed by atoms with Gasteiger partial charge in [-0.25, -0.2) is 4.98 Å². The maximum Gasteiger partial charge on any atom is 0.306 e. The van der Waals surface area contributed by atoms with Gasteiger partial charge in [-0.2, -0.15) is 0 Å². The number of carbonyl (C=O) groups is 2. The van der Waals surface area contributed by atoms with Gasteiger partial charge in [0, 0.05) is 24.4 Å². The summed E-state index contributed by atoms with van der Waals surface area (Å²) < 4.78 is 4.98. The zero-order valence-electron chi connectivity index (χ0n) is 15.6. The number of fused-ring (bicyclic) bond motifs is 1. The molecule has 0 spiro atoms. The number of aryl methyl sites for hydroxylation is 1. The van der Waals surface area contributed by atoms with Gasteiger partial charge in [0.15, 0.2) is 6.61 Å². The van der Waals surface area contributed by atoms with Gasteiger partial charge in [0.1, 0.15) is 5.82 Å². The number of H-pyrrole nitrogens is 1. The largest absolute Gasteiger partial charge is 0.456 e. The minimum Gasteiger partial charge on any atom is -0.456 e. The van der Waals surface area contributed by atoms with Crippen LogP contribution in [0.25, 0.3) is 10.9 Å². The number of rotatable bonds is 8. The molecule has 0 aliphatic carbocycles. The number of aromatic nitrogens is 2. The molecule has 3 rings (SSSR count). The first kappa shape index (κ1) is 20.5. The van der Waals surface area contributed by atoms with E-state index in [0.717, 1.165) is 5.56 Å². The Labute approximate surface area is 172 Å². The molecule has 29 heavy (non-hydrogen) atoms. The van der Waals surface area contributed by atoms with Crippen molar-refractivity contribution in [1.82, 2.24) is 15.3 Å². The third kappa shape index (κ3) is 6.15. The number of halogens is 1. The molecule has 3 aromatic rings. The summed E-state index contributed by atoms with van der Waals surface area (Å²) >= 11 is 5.81. The summed E-state index contributed by atoms with van der Waals surface area (Å²) in [5.74, 6) is -0.342. The molecular formula is C21H20ClN3O4. The molecule has 0 saturated heterocycles. The number of ether oxygens (including phenoxy) is 1. The molecule has 0 aliphatic heterocycles. The fourth-order valence-electron chi connectivity index (χ4n) is 2.73. The Bertz CT molecular complexity index is 1060. The van der Waals surface area contributed by atoms with Crippen LogP contribution < -0.4 is 10.9 Å². The molecule has 0 atom stereocenters. The van der Waals surface area contributed by atoms with E-state index in [9.17, 15) is 14.4 Å². The number of benzene rings is 2. The van der Waals surface area contributed by atoms with Gasteiger partial charge in [-0.1, -0.05) is 35.9 Å². The molecule has 0 saturated carbocycles. The van der Waals surface area contributed by atoms with E-state index >= 15 is 0 Å². The lowest BCUT2D eigenvalue weighted by molar-refractivity contribution is -0.148. The number of carbonyl (C=O) groups excluding carboxylic acids is 2. The van der Waals surface area contributed by atoms with E-state index in [0.29, 0.717) is 41.1 Å². The van der Waals surface area contributed by atoms with Crippen molar-refractivity contribution in [2.45, 2.75) is 25.8 Å². The number of amides is 1. The molecule has 0 unspecified atom stereocenters. The molecule has 2 N–H and O–H groups in total. The van der Waals surface area contributed by atoms with Crippen LogP contribution in [0.5, 0.6) is 0 Å². The van der Waals surface area contributed by atoms with Crippen LogP contribution in [-0.4, -0.2) is 28.5 Å². The second-order valence-corrected chi connectivity index (χ2v) is 6.88. The Morgan fingerprint density at radius 1 is 1.10 bits per heavy atom. The van der Waals surface area contributed by atoms with E-state index in [1.54, 1.807) is 42.5 Å². The third-order valence-electron chi connectivity index (χ3n) is 4.22. The Balaban J connectivity index is 1.38. The Kier molecular flexibility index (Phi) is 6.97. The van der Waals surface area contributed by atoms with Crippen LogP contribution in [0.15, 0.2) is 53.3 Å². The summed E-state index contributed by atoms with van der Waals surface area (Å²) in [6.45, 7) is -0.00791. The van der Waals surface area contributed by atoms with Crippen molar-refractivity contribution >= 4 is 34.4 Å². The van der Waals surface area contributed by atoms with Gasteiger partial charge < -0.3 is 15.0 Å². The minimum absolute atomic E-state index is 0.126. The van der Waals surface area contributed by atoms with E-state index in [4.69, 9.17) is 16.3 Å². The lowest BCUT2D eigenvalue weighted by Gasteiger charge is -2.07. The first-order valence-electron chi connectivity index (χ1n) is 9.16. The smallest absolute Gasteiger partial charge is 0.306 e. The molecule has 150 valence electrons. The monoisotopic (exact) mass is 413 g/mol. The molecule has 1 aromatic heterocycles. The van der Waals surface area contributed by atoms with Crippen LogP contribution in [0.4, 0.5) is 0 Å². The molecule has 0 fully saturated rings. The van der Waals surface area contributed by atoms with E-state index in [1.165, 1.54) is 0 Å². The van der Waals surface area contributed by atoms with Crippen LogP contribution in [0.3, 0.4) is 0 Å². The van der Waals surface area contributed by atoms with Gasteiger partial charge in [0.05, 0.1) is 10.9 Å². The van der Waals surface area contributed by atoms with E-state index in [-0.39, 0.29) is 24.5 Å². The van der Waals surface area contributed by atoms with Gasteiger partial charge >= 0.3 is 5.97 Å². The minimum atomic E-state index is -0.477. The molecule has 0 bridgehead atoms. The molecule has 7 nitrogen and oxygen atoms in total. The summed E-state index contributed by atoms with van der Waals surface area (Å²) in [6, 6.07) is 14.2. The van der Waals surface area contributed by atoms with Gasteiger partial charge in [0.25, 0.3) is 11.5 Å². The highest BCUT2D eigenvalue weighted by Crippen LogP contribution is 2.09. The molecule has 1 amide bonds. The van der Waals surface area contributed by atoms with Gasteiger partial charge in [0.2, 0.25) is 0 Å². The Morgan fingerprint density at radius 3 is 2.66 bits per heavy atom. The van der Waals surface area contributed by atoms with Crippen molar-refractivity contribution in [3.8, 4) is 0 Å². The highest BCUT2D eigenvalue weighted by molar-refractivity contribution is 6.30. The van der Waals surface area contributed by atoms with Crippen molar-refractivity contribution < 1.29 is 14.3 Å². The number of hydrogen-bond donors (Lipinski definition) is 2. The summed E-state index contributed by atoms with van der Waals surface area (Å²) in [6.07, 6.45) is 1.01. The highest BCUT2D eigenvalue weighted by Gasteiger charge is 2.09. The first-order valence-corrected chi connectivity index (χ1v) is 9.54. The summed E-state index contributed by atoms with van der Waals surface area (Å²) in [5.41, 5.74) is 1.31. The lowest BCUT2D eigenvalue weighted by atomic mass is 10.2. The van der Waals surface area contributed by atoms with E-state index in [2.05, 4.69) is 15.3 Å². The number of para-hydroxylation sites is 1. The predicted octanol–water partition coefficient (Wildman–Crippen LogP) is 2.76. The third-order valence-corrected chi connectivity index (χ3v) is 4.48. The first-order chi connectivity index (χ1) is 14.0. The Morgan fingerprint density at radius 2 is 1.86 bits per heavy atom. The highest BCUT2D eigenvalue weighted by atomic mass is 35.5. The number of hydrogen-bond acceptors (Lipinski definition) is 5. The number of nitrogens with zero attached hydrogens (tertiary/aromatic N) is 1. The average Bonchev–Trinajstić information content (AvgIpc) is 2.72. The zero-order valence-corrected chi connectivity index (χ0v) is 16.4. The quantitative estimate of drug-likeness (QED) is 0.553. The number of nitrogens with one attached hydrogen (secondary N) is 2. The molecular weight excluding hydrogens is 394 g/mol. The van der Waals surface area contributed by atoms with Gasteiger partial charge in [-0.3, -0.25) is 14.4 Å². The standard InChI is InChI=1S/C21H20ClN3O4/c22-15-10-8-14(9-11-15)12-23-19(26)13-29-20(27)7-3-6-18-24-17-5-2-1-4-16(17)21(28)25-18/h1-2,4-5,8-11H,3,6-7,12-13H2,(H,23,26)(H,24,25,28). The van der Waals surface area contributed by atoms with Gasteiger partial charge in [-0.15, -0.1) is 0 Å². The second-order valence-electron chi connectivity index (χ2n) is 6.45. The van der Waals surface area contributed by atoms with Crippen LogP contribution in [0.2, 0.25) is 5.02 Å². The molecule has 0 aliphatic rings. The summed E-state index contributed by atoms with van der Waals surface area (Å²) in [4.78, 5) is 42.7. The Hall–Kier alpha value is -3.19. The normalized spacial score (nSPS) is 10.7. The maximum absolute atomic E-state index is 12.0. The SMILES string of the molecule is O=C(COC(=O)CCCc1nc2ccccc2c(=O)[nH]1)NCc1ccc(Cl)cc1. The molecule has 8 heteroatoms. The van der Waals surface area contributed by atoms with Crippen molar-refractivity contribution in [2.75, 3.05) is 6.61 Å². The van der Waals surface area contributed by atoms with Crippen molar-refractivity contribution in [3.05, 3.63) is 75.3 Å². The van der Waals surface area contributed by atoms with Crippen molar-refractivity contribution in [1.29, 1.82) is 0 Å². The van der Waals surface area contributed by atoms with Crippen LogP contribution in [0.1, 0.15) is 24.2 Å². The van der Waals surface area contributed by atoms with Crippen LogP contribution >= 0.6 is 11.6 Å². The summed E-state index contributed by atoms with van der Waals surface area (Å²) in [5, 5.41) is 3.82. The number of aromatic amines is 1. The number of esters is 1. The zero-order chi connectivity index (χ0) is 20.6. The fraction of sp³-hybridized carbons (Fsp3) is 0.238. The van der Waals surface area contributed by atoms with E-state index < -0.39 is 5.97 Å². The second kappa shape index (κ2) is 9.84. The topological polar surface area (TPSA) is 101 Å². The van der Waals surface area contributed by atoms with Crippen LogP contribution in [0, 0.1) is 0 Å². The molecule has 1 heterocycles. The fourth-order valence-corrected chi connectivity index (χ4v) is 2.85. The molecule has 2 aromatic carbocycles. The van der Waals surface area contributed by atoms with Crippen molar-refractivity contribution in [3.63, 3.8) is 0 Å². The van der Waals surface area contributed by atoms with Gasteiger partial charge in [-0.05, 0) is 36.2 Å². The summed E-state index contributed by atoms with van der Waals surface area (Å²) in [7, 11) is 0. The predicted molar refractivity (Wildman–Crippen MR) is 110 cm³/mol. The maximum atomic E-state index is 12.0. The average molecular weight is 414 g/mol. The molecule has 0 radical (unpaired) electrons. The van der Waals surface area contributed by atoms with Crippen molar-refractivity contribution in [2.24, 2.45) is 0 Å². The van der Waals surface area contributed by atoms with Crippen LogP contribution in [-0.2, 0) is 27.3 Å². The van der Waals surface area contributed by atoms with E-state index in [1.807, 2.05) is 6.07 Å². The lowest BCUT2D eigenvalue weighted by Crippen LogP contribution is -2.28.